The summed E-state index contributed by atoms with van der Waals surface area (Å²) in [7, 11) is 1.66. The molecule has 0 N–H and O–H groups in total. The number of ether oxygens (including phenoxy) is 2. The van der Waals surface area contributed by atoms with Gasteiger partial charge in [-0.15, -0.1) is 11.3 Å². The second kappa shape index (κ2) is 8.03. The highest BCUT2D eigenvalue weighted by atomic mass is 32.1. The van der Waals surface area contributed by atoms with Crippen LogP contribution in [-0.2, 0) is 6.54 Å². The summed E-state index contributed by atoms with van der Waals surface area (Å²) in [5.74, 6) is 2.26. The first-order valence-corrected chi connectivity index (χ1v) is 10.9. The summed E-state index contributed by atoms with van der Waals surface area (Å²) in [5.41, 5.74) is 3.22. The van der Waals surface area contributed by atoms with E-state index in [1.807, 2.05) is 36.6 Å². The maximum Gasteiger partial charge on any atom is 0.262 e. The van der Waals surface area contributed by atoms with Crippen LogP contribution in [0.25, 0.3) is 21.9 Å². The van der Waals surface area contributed by atoms with E-state index >= 15 is 0 Å². The van der Waals surface area contributed by atoms with Gasteiger partial charge in [-0.25, -0.2) is 4.98 Å². The average molecular weight is 411 g/mol. The van der Waals surface area contributed by atoms with Crippen molar-refractivity contribution in [2.75, 3.05) is 13.7 Å². The Hall–Kier alpha value is -2.60. The van der Waals surface area contributed by atoms with Gasteiger partial charge in [-0.05, 0) is 61.6 Å². The number of benzene rings is 1. The quantitative estimate of drug-likeness (QED) is 0.524. The molecule has 0 saturated carbocycles. The fourth-order valence-electron chi connectivity index (χ4n) is 3.68. The van der Waals surface area contributed by atoms with E-state index in [0.29, 0.717) is 13.2 Å². The minimum absolute atomic E-state index is 0.0764. The molecule has 4 rings (SSSR count). The molecule has 1 aliphatic rings. The van der Waals surface area contributed by atoms with Crippen molar-refractivity contribution >= 4 is 33.2 Å². The van der Waals surface area contributed by atoms with Crippen LogP contribution in [0.2, 0.25) is 0 Å². The Kier molecular flexibility index (Phi) is 5.46. The molecule has 0 atom stereocenters. The smallest absolute Gasteiger partial charge is 0.262 e. The summed E-state index contributed by atoms with van der Waals surface area (Å²) >= 11 is 1.60. The largest absolute Gasteiger partial charge is 0.493 e. The van der Waals surface area contributed by atoms with Gasteiger partial charge in [0.2, 0.25) is 0 Å². The molecular formula is C23H26N2O3S. The molecule has 1 aliphatic heterocycles. The molecule has 0 unspecified atom stereocenters. The van der Waals surface area contributed by atoms with E-state index in [0.717, 1.165) is 68.4 Å². The summed E-state index contributed by atoms with van der Waals surface area (Å²) in [5, 5.41) is 0.771. The predicted molar refractivity (Wildman–Crippen MR) is 119 cm³/mol. The maximum atomic E-state index is 13.0. The molecule has 29 heavy (non-hydrogen) atoms. The number of nitrogens with zero attached hydrogens (tertiary/aromatic N) is 2. The van der Waals surface area contributed by atoms with Crippen LogP contribution < -0.4 is 15.0 Å². The van der Waals surface area contributed by atoms with Gasteiger partial charge in [0.15, 0.2) is 11.5 Å². The van der Waals surface area contributed by atoms with Gasteiger partial charge >= 0.3 is 0 Å². The number of unbranched alkanes of at least 4 members (excludes halogenated alkanes) is 1. The first-order chi connectivity index (χ1) is 14.0. The lowest BCUT2D eigenvalue weighted by Gasteiger charge is -2.11. The van der Waals surface area contributed by atoms with Crippen molar-refractivity contribution in [2.24, 2.45) is 0 Å². The van der Waals surface area contributed by atoms with Gasteiger partial charge in [-0.2, -0.15) is 0 Å². The number of fused-ring (bicyclic) bond motifs is 2. The van der Waals surface area contributed by atoms with Gasteiger partial charge < -0.3 is 9.47 Å². The first kappa shape index (κ1) is 19.7. The summed E-state index contributed by atoms with van der Waals surface area (Å²) in [4.78, 5) is 19.8. The molecule has 0 bridgehead atoms. The number of hydrogen-bond donors (Lipinski definition) is 0. The van der Waals surface area contributed by atoms with Gasteiger partial charge in [0, 0.05) is 11.4 Å². The number of rotatable bonds is 6. The van der Waals surface area contributed by atoms with Gasteiger partial charge in [-0.1, -0.05) is 19.4 Å². The molecule has 1 aromatic carbocycles. The van der Waals surface area contributed by atoms with Crippen molar-refractivity contribution in [1.29, 1.82) is 0 Å². The Morgan fingerprint density at radius 3 is 2.86 bits per heavy atom. The van der Waals surface area contributed by atoms with Crippen LogP contribution in [0.1, 0.15) is 48.0 Å². The van der Waals surface area contributed by atoms with E-state index < -0.39 is 0 Å². The van der Waals surface area contributed by atoms with Crippen LogP contribution >= 0.6 is 11.3 Å². The molecule has 152 valence electrons. The number of methoxy groups -OCH3 is 1. The molecule has 2 aromatic heterocycles. The lowest BCUT2D eigenvalue weighted by molar-refractivity contribution is 0.288. The second-order valence-electron chi connectivity index (χ2n) is 7.39. The minimum Gasteiger partial charge on any atom is -0.493 e. The molecule has 0 amide bonds. The lowest BCUT2D eigenvalue weighted by Crippen LogP contribution is -2.20. The SMILES string of the molecule is CCCCOc1ccc(/C=C2\CCn3c2nc2sc(C)c(C)c2c3=O)cc1OC. The number of allylic oxidation sites excluding steroid dienone is 1. The van der Waals surface area contributed by atoms with E-state index in [9.17, 15) is 4.79 Å². The molecule has 0 spiro atoms. The molecule has 6 heteroatoms. The van der Waals surface area contributed by atoms with Crippen LogP contribution in [0.4, 0.5) is 0 Å². The topological polar surface area (TPSA) is 53.4 Å². The minimum atomic E-state index is 0.0764. The number of aryl methyl sites for hydroxylation is 2. The van der Waals surface area contributed by atoms with Crippen LogP contribution in [0, 0.1) is 13.8 Å². The molecule has 5 nitrogen and oxygen atoms in total. The third-order valence-electron chi connectivity index (χ3n) is 5.46. The van der Waals surface area contributed by atoms with E-state index in [1.165, 1.54) is 0 Å². The number of thiophene rings is 1. The third kappa shape index (κ3) is 3.57. The second-order valence-corrected chi connectivity index (χ2v) is 8.59. The number of hydrogen-bond acceptors (Lipinski definition) is 5. The van der Waals surface area contributed by atoms with Crippen LogP contribution in [-0.4, -0.2) is 23.3 Å². The predicted octanol–water partition coefficient (Wildman–Crippen LogP) is 5.21. The van der Waals surface area contributed by atoms with Crippen molar-refractivity contribution in [3.05, 3.63) is 50.4 Å². The fraction of sp³-hybridized carbons (Fsp3) is 0.391. The van der Waals surface area contributed by atoms with E-state index in [2.05, 4.69) is 13.0 Å². The van der Waals surface area contributed by atoms with E-state index in [-0.39, 0.29) is 5.56 Å². The van der Waals surface area contributed by atoms with Crippen LogP contribution in [0.15, 0.2) is 23.0 Å². The highest BCUT2D eigenvalue weighted by molar-refractivity contribution is 7.18. The Bertz CT molecular complexity index is 1160. The Balaban J connectivity index is 1.71. The van der Waals surface area contributed by atoms with E-state index in [4.69, 9.17) is 14.5 Å². The van der Waals surface area contributed by atoms with Gasteiger partial charge in [0.25, 0.3) is 5.56 Å². The summed E-state index contributed by atoms with van der Waals surface area (Å²) in [6, 6.07) is 5.95. The summed E-state index contributed by atoms with van der Waals surface area (Å²) in [6.45, 7) is 7.55. The standard InChI is InChI=1S/C23H26N2O3S/c1-5-6-11-28-18-8-7-16(13-19(18)27-4)12-17-9-10-25-21(17)24-22-20(23(25)26)14(2)15(3)29-22/h7-8,12-13H,5-6,9-11H2,1-4H3/b17-12+. The zero-order valence-corrected chi connectivity index (χ0v) is 18.2. The molecule has 0 radical (unpaired) electrons. The fourth-order valence-corrected chi connectivity index (χ4v) is 4.70. The Labute approximate surface area is 174 Å². The van der Waals surface area contributed by atoms with Gasteiger partial charge in [0.1, 0.15) is 10.7 Å². The molecule has 0 saturated heterocycles. The van der Waals surface area contributed by atoms with Crippen LogP contribution in [0.3, 0.4) is 0 Å². The molecule has 3 heterocycles. The highest BCUT2D eigenvalue weighted by Crippen LogP contribution is 2.34. The van der Waals surface area contributed by atoms with Crippen molar-refractivity contribution < 1.29 is 9.47 Å². The van der Waals surface area contributed by atoms with Crippen molar-refractivity contribution in [3.8, 4) is 11.5 Å². The average Bonchev–Trinajstić information content (AvgIpc) is 3.24. The van der Waals surface area contributed by atoms with Crippen LogP contribution in [0.5, 0.6) is 11.5 Å². The normalized spacial score (nSPS) is 14.6. The zero-order chi connectivity index (χ0) is 20.5. The maximum absolute atomic E-state index is 13.0. The zero-order valence-electron chi connectivity index (χ0n) is 17.4. The Morgan fingerprint density at radius 2 is 2.10 bits per heavy atom. The van der Waals surface area contributed by atoms with Gasteiger partial charge in [-0.3, -0.25) is 9.36 Å². The summed E-state index contributed by atoms with van der Waals surface area (Å²) in [6.07, 6.45) is 5.01. The molecular weight excluding hydrogens is 384 g/mol. The lowest BCUT2D eigenvalue weighted by atomic mass is 10.1. The monoisotopic (exact) mass is 410 g/mol. The van der Waals surface area contributed by atoms with Crippen molar-refractivity contribution in [1.82, 2.24) is 9.55 Å². The van der Waals surface area contributed by atoms with E-state index in [1.54, 1.807) is 18.4 Å². The molecule has 0 aliphatic carbocycles. The first-order valence-electron chi connectivity index (χ1n) is 10.1. The summed E-state index contributed by atoms with van der Waals surface area (Å²) < 4.78 is 13.2. The van der Waals surface area contributed by atoms with Crippen molar-refractivity contribution in [2.45, 2.75) is 46.6 Å². The molecule has 0 fully saturated rings. The Morgan fingerprint density at radius 1 is 1.28 bits per heavy atom. The van der Waals surface area contributed by atoms with Gasteiger partial charge in [0.05, 0.1) is 19.1 Å². The van der Waals surface area contributed by atoms with Crippen molar-refractivity contribution in [3.63, 3.8) is 0 Å². The molecule has 3 aromatic rings. The number of aromatic nitrogens is 2. The third-order valence-corrected chi connectivity index (χ3v) is 6.57. The highest BCUT2D eigenvalue weighted by Gasteiger charge is 2.23.